The van der Waals surface area contributed by atoms with Crippen molar-refractivity contribution >= 4 is 71.8 Å². The van der Waals surface area contributed by atoms with Crippen LogP contribution < -0.4 is 4.90 Å². The third-order valence-electron chi connectivity index (χ3n) is 10.4. The number of nitrogens with zero attached hydrogens (tertiary/aromatic N) is 6. The van der Waals surface area contributed by atoms with Crippen molar-refractivity contribution in [2.24, 2.45) is 0 Å². The summed E-state index contributed by atoms with van der Waals surface area (Å²) in [5.41, 5.74) is 11.3. The zero-order valence-corrected chi connectivity index (χ0v) is 29.9. The van der Waals surface area contributed by atoms with Gasteiger partial charge in [-0.05, 0) is 90.5 Å². The van der Waals surface area contributed by atoms with Crippen LogP contribution in [0, 0.1) is 0 Å². The second-order valence-corrected chi connectivity index (χ2v) is 13.8. The van der Waals surface area contributed by atoms with Gasteiger partial charge in [0, 0.05) is 67.7 Å². The molecule has 0 aliphatic carbocycles. The first-order valence-electron chi connectivity index (χ1n) is 18.5. The molecular formula is C49H30N6O. The molecule has 7 nitrogen and oxygen atoms in total. The van der Waals surface area contributed by atoms with Crippen LogP contribution in [0.15, 0.2) is 187 Å². The molecule has 0 saturated heterocycles. The normalized spacial score (nSPS) is 11.6. The van der Waals surface area contributed by atoms with E-state index in [0.717, 1.165) is 88.4 Å². The highest BCUT2D eigenvalue weighted by atomic mass is 16.3. The smallest absolute Gasteiger partial charge is 0.228 e. The quantitative estimate of drug-likeness (QED) is 0.169. The predicted octanol–water partition coefficient (Wildman–Crippen LogP) is 12.5. The Bertz CT molecular complexity index is 3130. The largest absolute Gasteiger partial charge is 0.438 e. The van der Waals surface area contributed by atoms with E-state index < -0.39 is 0 Å². The summed E-state index contributed by atoms with van der Waals surface area (Å²) >= 11 is 0. The molecule has 4 aromatic heterocycles. The van der Waals surface area contributed by atoms with Gasteiger partial charge < -0.3 is 9.32 Å². The summed E-state index contributed by atoms with van der Waals surface area (Å²) in [4.78, 5) is 26.2. The average molecular weight is 719 g/mol. The maximum Gasteiger partial charge on any atom is 0.228 e. The van der Waals surface area contributed by atoms with Gasteiger partial charge in [-0.3, -0.25) is 0 Å². The van der Waals surface area contributed by atoms with Crippen molar-refractivity contribution in [2.45, 2.75) is 0 Å². The minimum atomic E-state index is 0.636. The summed E-state index contributed by atoms with van der Waals surface area (Å²) in [6.07, 6.45) is 3.76. The molecular weight excluding hydrogens is 689 g/mol. The van der Waals surface area contributed by atoms with Gasteiger partial charge in [-0.1, -0.05) is 84.9 Å². The second-order valence-electron chi connectivity index (χ2n) is 13.8. The highest BCUT2D eigenvalue weighted by Crippen LogP contribution is 2.42. The summed E-state index contributed by atoms with van der Waals surface area (Å²) in [5.74, 6) is 1.38. The van der Waals surface area contributed by atoms with Gasteiger partial charge in [0.1, 0.15) is 5.58 Å². The molecule has 0 aliphatic rings. The average Bonchev–Trinajstić information content (AvgIpc) is 3.64. The predicted molar refractivity (Wildman–Crippen MR) is 226 cm³/mol. The van der Waals surface area contributed by atoms with Gasteiger partial charge in [0.25, 0.3) is 0 Å². The van der Waals surface area contributed by atoms with E-state index in [1.807, 2.05) is 91.3 Å². The number of rotatable bonds is 6. The fourth-order valence-corrected chi connectivity index (χ4v) is 7.65. The van der Waals surface area contributed by atoms with E-state index in [-0.39, 0.29) is 0 Å². The monoisotopic (exact) mass is 718 g/mol. The standard InChI is InChI=1S/C49H30N6O/c1-5-13-41-34(9-1)29-50-47(52-41)32-19-25-37(26-20-32)55(38-27-21-33(22-28-38)48-51-30-35-10-2-6-14-42(35)53-48)36-23-17-31(18-24-36)45-39-11-3-7-15-43(39)54-49-46(45)40-12-4-8-16-44(40)56-49/h1-30H. The molecule has 11 aromatic rings. The van der Waals surface area contributed by atoms with Crippen LogP contribution in [-0.4, -0.2) is 24.9 Å². The number of para-hydroxylation sites is 4. The van der Waals surface area contributed by atoms with Gasteiger partial charge in [0.05, 0.1) is 21.9 Å². The van der Waals surface area contributed by atoms with Crippen LogP contribution in [0.5, 0.6) is 0 Å². The van der Waals surface area contributed by atoms with Gasteiger partial charge >= 0.3 is 0 Å². The van der Waals surface area contributed by atoms with E-state index in [0.29, 0.717) is 17.4 Å². The molecule has 0 unspecified atom stereocenters. The van der Waals surface area contributed by atoms with Crippen LogP contribution in [0.2, 0.25) is 0 Å². The lowest BCUT2D eigenvalue weighted by Gasteiger charge is -2.26. The van der Waals surface area contributed by atoms with Gasteiger partial charge in [-0.25, -0.2) is 24.9 Å². The van der Waals surface area contributed by atoms with Gasteiger partial charge in [0.2, 0.25) is 5.71 Å². The first-order valence-corrected chi connectivity index (χ1v) is 18.5. The maximum atomic E-state index is 6.29. The van der Waals surface area contributed by atoms with Crippen molar-refractivity contribution in [1.82, 2.24) is 24.9 Å². The Labute approximate surface area is 321 Å². The molecule has 56 heavy (non-hydrogen) atoms. The van der Waals surface area contributed by atoms with E-state index in [1.54, 1.807) is 0 Å². The number of pyridine rings is 1. The number of hydrogen-bond acceptors (Lipinski definition) is 7. The molecule has 0 fully saturated rings. The van der Waals surface area contributed by atoms with Crippen LogP contribution >= 0.6 is 0 Å². The molecule has 0 amide bonds. The Balaban J connectivity index is 1.02. The minimum absolute atomic E-state index is 0.636. The lowest BCUT2D eigenvalue weighted by molar-refractivity contribution is 0.656. The summed E-state index contributed by atoms with van der Waals surface area (Å²) in [5, 5.41) is 5.17. The third kappa shape index (κ3) is 5.41. The van der Waals surface area contributed by atoms with Crippen molar-refractivity contribution in [3.8, 4) is 33.9 Å². The van der Waals surface area contributed by atoms with Gasteiger partial charge in [-0.15, -0.1) is 0 Å². The highest BCUT2D eigenvalue weighted by molar-refractivity contribution is 6.18. The molecule has 0 spiro atoms. The van der Waals surface area contributed by atoms with Crippen LogP contribution in [-0.2, 0) is 0 Å². The molecule has 7 aromatic carbocycles. The maximum absolute atomic E-state index is 6.29. The lowest BCUT2D eigenvalue weighted by Crippen LogP contribution is -2.10. The van der Waals surface area contributed by atoms with Crippen molar-refractivity contribution < 1.29 is 4.42 Å². The first-order chi connectivity index (χ1) is 27.7. The van der Waals surface area contributed by atoms with E-state index in [1.165, 1.54) is 0 Å². The minimum Gasteiger partial charge on any atom is -0.438 e. The van der Waals surface area contributed by atoms with Crippen molar-refractivity contribution in [1.29, 1.82) is 0 Å². The molecule has 4 heterocycles. The number of aromatic nitrogens is 5. The van der Waals surface area contributed by atoms with Crippen LogP contribution in [0.3, 0.4) is 0 Å². The SMILES string of the molecule is c1ccc2nc(-c3ccc(N(c4ccc(-c5ncc6ccccc6n5)cc4)c4ccc(-c5c6ccccc6nc6oc7ccccc7c56)cc4)cc3)ncc2c1. The van der Waals surface area contributed by atoms with Crippen molar-refractivity contribution in [3.05, 3.63) is 182 Å². The topological polar surface area (TPSA) is 80.8 Å². The summed E-state index contributed by atoms with van der Waals surface area (Å²) < 4.78 is 6.29. The molecule has 0 aliphatic heterocycles. The molecule has 7 heteroatoms. The molecule has 11 rings (SSSR count). The fourth-order valence-electron chi connectivity index (χ4n) is 7.65. The molecule has 0 bridgehead atoms. The highest BCUT2D eigenvalue weighted by Gasteiger charge is 2.19. The molecule has 0 radical (unpaired) electrons. The zero-order chi connectivity index (χ0) is 37.0. The Morgan fingerprint density at radius 3 is 1.43 bits per heavy atom. The molecule has 0 N–H and O–H groups in total. The molecule has 0 atom stereocenters. The number of benzene rings is 7. The van der Waals surface area contributed by atoms with Crippen LogP contribution in [0.25, 0.3) is 88.7 Å². The lowest BCUT2D eigenvalue weighted by atomic mass is 9.96. The van der Waals surface area contributed by atoms with E-state index in [2.05, 4.69) is 106 Å². The number of furan rings is 1. The van der Waals surface area contributed by atoms with Gasteiger partial charge in [0.15, 0.2) is 11.6 Å². The fraction of sp³-hybridized carbons (Fsp3) is 0. The summed E-state index contributed by atoms with van der Waals surface area (Å²) in [6, 6.07) is 58.1. The second kappa shape index (κ2) is 13.0. The number of fused-ring (bicyclic) bond motifs is 6. The molecule has 0 saturated carbocycles. The number of hydrogen-bond donors (Lipinski definition) is 0. The van der Waals surface area contributed by atoms with Gasteiger partial charge in [-0.2, -0.15) is 0 Å². The Kier molecular flexibility index (Phi) is 7.35. The van der Waals surface area contributed by atoms with Crippen LogP contribution in [0.1, 0.15) is 0 Å². The van der Waals surface area contributed by atoms with Crippen molar-refractivity contribution in [2.75, 3.05) is 4.90 Å². The zero-order valence-electron chi connectivity index (χ0n) is 29.9. The molecule has 262 valence electrons. The number of anilines is 3. The Hall–Kier alpha value is -7.77. The summed E-state index contributed by atoms with van der Waals surface area (Å²) in [6.45, 7) is 0. The summed E-state index contributed by atoms with van der Waals surface area (Å²) in [7, 11) is 0. The Morgan fingerprint density at radius 2 is 0.857 bits per heavy atom. The van der Waals surface area contributed by atoms with Crippen molar-refractivity contribution in [3.63, 3.8) is 0 Å². The van der Waals surface area contributed by atoms with Crippen LogP contribution in [0.4, 0.5) is 17.1 Å². The first kappa shape index (κ1) is 31.7. The van der Waals surface area contributed by atoms with E-state index >= 15 is 0 Å². The third-order valence-corrected chi connectivity index (χ3v) is 10.4. The van der Waals surface area contributed by atoms with E-state index in [9.17, 15) is 0 Å². The van der Waals surface area contributed by atoms with E-state index in [4.69, 9.17) is 19.4 Å². The Morgan fingerprint density at radius 1 is 0.393 bits per heavy atom.